The van der Waals surface area contributed by atoms with Gasteiger partial charge in [0, 0.05) is 31.7 Å². The Hall–Kier alpha value is -3.19. The average Bonchev–Trinajstić information content (AvgIpc) is 3.24. The summed E-state index contributed by atoms with van der Waals surface area (Å²) >= 11 is 0. The molecule has 2 aliphatic rings. The summed E-state index contributed by atoms with van der Waals surface area (Å²) in [7, 11) is 0. The van der Waals surface area contributed by atoms with Crippen molar-refractivity contribution in [1.82, 2.24) is 14.8 Å². The molecule has 7 nitrogen and oxygen atoms in total. The number of nitrogens with zero attached hydrogens (tertiary/aromatic N) is 3. The Balaban J connectivity index is 1.24. The van der Waals surface area contributed by atoms with E-state index in [0.717, 1.165) is 28.6 Å². The summed E-state index contributed by atoms with van der Waals surface area (Å²) in [4.78, 5) is 33.0. The van der Waals surface area contributed by atoms with Crippen LogP contribution in [0.2, 0.25) is 0 Å². The molecule has 1 aromatic heterocycles. The van der Waals surface area contributed by atoms with E-state index in [1.807, 2.05) is 42.5 Å². The van der Waals surface area contributed by atoms with Crippen molar-refractivity contribution in [3.63, 3.8) is 0 Å². The first-order valence-electron chi connectivity index (χ1n) is 10.3. The standard InChI is InChI=1S/C23H23N3O4/c27-21(25-10-12-26(13-11-25)22(28)23(29)8-1-9-23)17-4-2-16(3-5-17)18-6-7-20-19(14-18)24-15-30-20/h2-7,14-15,29H,1,8-13H2. The first-order valence-corrected chi connectivity index (χ1v) is 10.3. The van der Waals surface area contributed by atoms with Gasteiger partial charge in [0.05, 0.1) is 0 Å². The number of carbonyl (C=O) groups is 2. The Bertz CT molecular complexity index is 1090. The van der Waals surface area contributed by atoms with Gasteiger partial charge in [0.15, 0.2) is 12.0 Å². The number of fused-ring (bicyclic) bond motifs is 1. The fraction of sp³-hybridized carbons (Fsp3) is 0.348. The molecule has 1 aliphatic heterocycles. The third kappa shape index (κ3) is 3.25. The van der Waals surface area contributed by atoms with E-state index in [2.05, 4.69) is 4.98 Å². The highest BCUT2D eigenvalue weighted by atomic mass is 16.3. The van der Waals surface area contributed by atoms with Crippen LogP contribution < -0.4 is 0 Å². The van der Waals surface area contributed by atoms with Crippen LogP contribution in [-0.4, -0.2) is 63.5 Å². The van der Waals surface area contributed by atoms with Crippen molar-refractivity contribution in [1.29, 1.82) is 0 Å². The molecular formula is C23H23N3O4. The molecule has 1 N–H and O–H groups in total. The average molecular weight is 405 g/mol. The largest absolute Gasteiger partial charge is 0.443 e. The Labute approximate surface area is 173 Å². The van der Waals surface area contributed by atoms with Crippen LogP contribution in [-0.2, 0) is 4.79 Å². The van der Waals surface area contributed by atoms with Gasteiger partial charge in [-0.2, -0.15) is 0 Å². The second kappa shape index (κ2) is 7.25. The molecule has 0 unspecified atom stereocenters. The van der Waals surface area contributed by atoms with Gasteiger partial charge in [-0.1, -0.05) is 18.2 Å². The van der Waals surface area contributed by atoms with Crippen LogP contribution in [0.1, 0.15) is 29.6 Å². The number of aromatic nitrogens is 1. The van der Waals surface area contributed by atoms with Crippen LogP contribution in [0.4, 0.5) is 0 Å². The Morgan fingerprint density at radius 2 is 1.60 bits per heavy atom. The SMILES string of the molecule is O=C(c1ccc(-c2ccc3ocnc3c2)cc1)N1CCN(C(=O)C2(O)CCC2)CC1. The number of rotatable bonds is 3. The lowest BCUT2D eigenvalue weighted by Crippen LogP contribution is -2.58. The summed E-state index contributed by atoms with van der Waals surface area (Å²) in [5.74, 6) is -0.225. The molecule has 0 bridgehead atoms. The van der Waals surface area contributed by atoms with Gasteiger partial charge in [0.25, 0.3) is 11.8 Å². The number of carbonyl (C=O) groups excluding carboxylic acids is 2. The number of amides is 2. The van der Waals surface area contributed by atoms with E-state index >= 15 is 0 Å². The van der Waals surface area contributed by atoms with E-state index in [9.17, 15) is 14.7 Å². The molecule has 5 rings (SSSR count). The molecule has 1 saturated heterocycles. The van der Waals surface area contributed by atoms with Crippen LogP contribution in [0.15, 0.2) is 53.3 Å². The lowest BCUT2D eigenvalue weighted by molar-refractivity contribution is -0.161. The Morgan fingerprint density at radius 3 is 2.27 bits per heavy atom. The zero-order valence-corrected chi connectivity index (χ0v) is 16.6. The lowest BCUT2D eigenvalue weighted by Gasteiger charge is -2.42. The fourth-order valence-corrected chi connectivity index (χ4v) is 4.16. The summed E-state index contributed by atoms with van der Waals surface area (Å²) in [6, 6.07) is 13.3. The van der Waals surface area contributed by atoms with Gasteiger partial charge >= 0.3 is 0 Å². The molecule has 2 amide bonds. The summed E-state index contributed by atoms with van der Waals surface area (Å²) in [6.45, 7) is 1.88. The molecule has 7 heteroatoms. The van der Waals surface area contributed by atoms with Gasteiger partial charge < -0.3 is 19.3 Å². The highest BCUT2D eigenvalue weighted by Gasteiger charge is 2.45. The normalized spacial score (nSPS) is 18.3. The maximum Gasteiger partial charge on any atom is 0.254 e. The molecule has 2 aromatic carbocycles. The molecule has 1 saturated carbocycles. The number of piperazine rings is 1. The van der Waals surface area contributed by atoms with Gasteiger partial charge in [0.1, 0.15) is 11.1 Å². The van der Waals surface area contributed by atoms with Crippen LogP contribution >= 0.6 is 0 Å². The first-order chi connectivity index (χ1) is 14.5. The number of benzene rings is 2. The van der Waals surface area contributed by atoms with Crippen LogP contribution in [0.5, 0.6) is 0 Å². The molecule has 154 valence electrons. The van der Waals surface area contributed by atoms with Gasteiger partial charge in [-0.05, 0) is 54.7 Å². The van der Waals surface area contributed by atoms with Crippen molar-refractivity contribution in [2.45, 2.75) is 24.9 Å². The van der Waals surface area contributed by atoms with Crippen molar-refractivity contribution < 1.29 is 19.1 Å². The zero-order valence-electron chi connectivity index (χ0n) is 16.6. The predicted octanol–water partition coefficient (Wildman–Crippen LogP) is 2.69. The lowest BCUT2D eigenvalue weighted by atomic mass is 9.79. The maximum absolute atomic E-state index is 12.9. The van der Waals surface area contributed by atoms with Crippen molar-refractivity contribution in [3.8, 4) is 11.1 Å². The zero-order chi connectivity index (χ0) is 20.7. The van der Waals surface area contributed by atoms with E-state index in [4.69, 9.17) is 4.42 Å². The molecular weight excluding hydrogens is 382 g/mol. The summed E-state index contributed by atoms with van der Waals surface area (Å²) in [5, 5.41) is 10.3. The summed E-state index contributed by atoms with van der Waals surface area (Å²) in [6.07, 6.45) is 3.40. The van der Waals surface area contributed by atoms with Crippen molar-refractivity contribution in [2.75, 3.05) is 26.2 Å². The first kappa shape index (κ1) is 18.8. The second-order valence-corrected chi connectivity index (χ2v) is 8.08. The van der Waals surface area contributed by atoms with E-state index < -0.39 is 5.60 Å². The van der Waals surface area contributed by atoms with Gasteiger partial charge in [-0.3, -0.25) is 9.59 Å². The summed E-state index contributed by atoms with van der Waals surface area (Å²) < 4.78 is 5.28. The van der Waals surface area contributed by atoms with Gasteiger partial charge in [-0.15, -0.1) is 0 Å². The van der Waals surface area contributed by atoms with Gasteiger partial charge in [0.2, 0.25) is 0 Å². The minimum atomic E-state index is -1.17. The predicted molar refractivity (Wildman–Crippen MR) is 111 cm³/mol. The molecule has 1 aliphatic carbocycles. The molecule has 30 heavy (non-hydrogen) atoms. The number of aliphatic hydroxyl groups is 1. The van der Waals surface area contributed by atoms with E-state index in [-0.39, 0.29) is 11.8 Å². The minimum Gasteiger partial charge on any atom is -0.443 e. The molecule has 0 radical (unpaired) electrons. The van der Waals surface area contributed by atoms with Crippen LogP contribution in [0, 0.1) is 0 Å². The molecule has 3 aromatic rings. The third-order valence-corrected chi connectivity index (χ3v) is 6.23. The van der Waals surface area contributed by atoms with E-state index in [1.54, 1.807) is 9.80 Å². The summed E-state index contributed by atoms with van der Waals surface area (Å²) in [5.41, 5.74) is 3.01. The fourth-order valence-electron chi connectivity index (χ4n) is 4.16. The van der Waals surface area contributed by atoms with Crippen molar-refractivity contribution in [2.24, 2.45) is 0 Å². The minimum absolute atomic E-state index is 0.0389. The second-order valence-electron chi connectivity index (χ2n) is 8.08. The third-order valence-electron chi connectivity index (χ3n) is 6.23. The monoisotopic (exact) mass is 405 g/mol. The Kier molecular flexibility index (Phi) is 4.55. The van der Waals surface area contributed by atoms with Crippen LogP contribution in [0.3, 0.4) is 0 Å². The Morgan fingerprint density at radius 1 is 0.933 bits per heavy atom. The number of hydrogen-bond donors (Lipinski definition) is 1. The van der Waals surface area contributed by atoms with Crippen molar-refractivity contribution >= 4 is 22.9 Å². The molecule has 2 heterocycles. The quantitative estimate of drug-likeness (QED) is 0.724. The smallest absolute Gasteiger partial charge is 0.254 e. The molecule has 0 atom stereocenters. The highest BCUT2D eigenvalue weighted by molar-refractivity contribution is 5.95. The number of oxazole rings is 1. The molecule has 0 spiro atoms. The van der Waals surface area contributed by atoms with Crippen molar-refractivity contribution in [3.05, 3.63) is 54.4 Å². The van der Waals surface area contributed by atoms with E-state index in [1.165, 1.54) is 6.39 Å². The van der Waals surface area contributed by atoms with E-state index in [0.29, 0.717) is 44.6 Å². The molecule has 2 fully saturated rings. The maximum atomic E-state index is 12.9. The number of hydrogen-bond acceptors (Lipinski definition) is 5. The highest BCUT2D eigenvalue weighted by Crippen LogP contribution is 2.33. The van der Waals surface area contributed by atoms with Crippen LogP contribution in [0.25, 0.3) is 22.2 Å². The topological polar surface area (TPSA) is 86.9 Å². The van der Waals surface area contributed by atoms with Gasteiger partial charge in [-0.25, -0.2) is 4.98 Å².